The summed E-state index contributed by atoms with van der Waals surface area (Å²) in [6, 6.07) is 7.65. The molecule has 1 aliphatic carbocycles. The predicted molar refractivity (Wildman–Crippen MR) is 73.3 cm³/mol. The summed E-state index contributed by atoms with van der Waals surface area (Å²) in [5.41, 5.74) is 1.19. The van der Waals surface area contributed by atoms with Crippen LogP contribution < -0.4 is 5.32 Å². The van der Waals surface area contributed by atoms with E-state index in [2.05, 4.69) is 5.32 Å². The number of rotatable bonds is 4. The standard InChI is InChI=1S/C14H21NO2S/c1-15-14(11-5-3-4-6-11)12-7-9-13(10-8-12)18(2,16)17/h7-11,14-15H,3-6H2,1-2H3. The van der Waals surface area contributed by atoms with Gasteiger partial charge in [0, 0.05) is 12.3 Å². The van der Waals surface area contributed by atoms with E-state index >= 15 is 0 Å². The van der Waals surface area contributed by atoms with E-state index in [9.17, 15) is 8.42 Å². The molecule has 100 valence electrons. The van der Waals surface area contributed by atoms with Crippen LogP contribution in [0.4, 0.5) is 0 Å². The highest BCUT2D eigenvalue weighted by Gasteiger charge is 2.25. The van der Waals surface area contributed by atoms with Crippen LogP contribution in [0.3, 0.4) is 0 Å². The second kappa shape index (κ2) is 5.41. The van der Waals surface area contributed by atoms with Gasteiger partial charge in [-0.1, -0.05) is 25.0 Å². The summed E-state index contributed by atoms with van der Waals surface area (Å²) in [5, 5.41) is 3.37. The largest absolute Gasteiger partial charge is 0.313 e. The molecule has 1 aromatic rings. The molecule has 0 amide bonds. The lowest BCUT2D eigenvalue weighted by atomic mass is 9.92. The maximum Gasteiger partial charge on any atom is 0.175 e. The molecule has 1 unspecified atom stereocenters. The summed E-state index contributed by atoms with van der Waals surface area (Å²) in [7, 11) is -1.11. The van der Waals surface area contributed by atoms with Crippen molar-refractivity contribution in [2.24, 2.45) is 5.92 Å². The molecular formula is C14H21NO2S. The molecule has 0 bridgehead atoms. The lowest BCUT2D eigenvalue weighted by Gasteiger charge is -2.23. The van der Waals surface area contributed by atoms with E-state index in [1.807, 2.05) is 19.2 Å². The molecule has 1 atom stereocenters. The zero-order valence-electron chi connectivity index (χ0n) is 11.0. The summed E-state index contributed by atoms with van der Waals surface area (Å²) in [5.74, 6) is 0.680. The van der Waals surface area contributed by atoms with Gasteiger partial charge in [0.1, 0.15) is 0 Å². The van der Waals surface area contributed by atoms with Gasteiger partial charge in [-0.05, 0) is 43.5 Å². The van der Waals surface area contributed by atoms with Crippen LogP contribution in [0.25, 0.3) is 0 Å². The first kappa shape index (κ1) is 13.6. The third kappa shape index (κ3) is 2.93. The highest BCUT2D eigenvalue weighted by atomic mass is 32.2. The molecule has 1 saturated carbocycles. The van der Waals surface area contributed by atoms with Crippen molar-refractivity contribution in [2.75, 3.05) is 13.3 Å². The summed E-state index contributed by atoms with van der Waals surface area (Å²) in [4.78, 5) is 0.396. The number of hydrogen-bond acceptors (Lipinski definition) is 3. The average Bonchev–Trinajstić information content (AvgIpc) is 2.83. The van der Waals surface area contributed by atoms with Crippen LogP contribution in [-0.4, -0.2) is 21.7 Å². The monoisotopic (exact) mass is 267 g/mol. The molecule has 3 nitrogen and oxygen atoms in total. The van der Waals surface area contributed by atoms with E-state index in [1.54, 1.807) is 12.1 Å². The molecular weight excluding hydrogens is 246 g/mol. The van der Waals surface area contributed by atoms with Gasteiger partial charge in [0.15, 0.2) is 9.84 Å². The zero-order valence-corrected chi connectivity index (χ0v) is 11.8. The van der Waals surface area contributed by atoms with E-state index < -0.39 is 9.84 Å². The van der Waals surface area contributed by atoms with E-state index in [0.29, 0.717) is 16.9 Å². The first-order chi connectivity index (χ1) is 8.52. The Labute approximate surface area is 110 Å². The number of nitrogens with one attached hydrogen (secondary N) is 1. The van der Waals surface area contributed by atoms with Crippen LogP contribution in [-0.2, 0) is 9.84 Å². The van der Waals surface area contributed by atoms with Crippen molar-refractivity contribution in [3.05, 3.63) is 29.8 Å². The average molecular weight is 267 g/mol. The van der Waals surface area contributed by atoms with Gasteiger partial charge in [0.2, 0.25) is 0 Å². The predicted octanol–water partition coefficient (Wildman–Crippen LogP) is 2.54. The van der Waals surface area contributed by atoms with Gasteiger partial charge in [0.05, 0.1) is 4.90 Å². The Morgan fingerprint density at radius 1 is 1.17 bits per heavy atom. The SMILES string of the molecule is CNC(c1ccc(S(C)(=O)=O)cc1)C1CCCC1. The fraction of sp³-hybridized carbons (Fsp3) is 0.571. The zero-order chi connectivity index (χ0) is 13.2. The minimum atomic E-state index is -3.09. The van der Waals surface area contributed by atoms with Gasteiger partial charge in [-0.3, -0.25) is 0 Å². The first-order valence-corrected chi connectivity index (χ1v) is 8.39. The van der Waals surface area contributed by atoms with Crippen molar-refractivity contribution in [1.29, 1.82) is 0 Å². The van der Waals surface area contributed by atoms with Crippen LogP contribution in [0.15, 0.2) is 29.2 Å². The van der Waals surface area contributed by atoms with Gasteiger partial charge in [0.25, 0.3) is 0 Å². The van der Waals surface area contributed by atoms with Crippen LogP contribution in [0.5, 0.6) is 0 Å². The van der Waals surface area contributed by atoms with Crippen molar-refractivity contribution in [3.63, 3.8) is 0 Å². The molecule has 1 N–H and O–H groups in total. The lowest BCUT2D eigenvalue weighted by molar-refractivity contribution is 0.390. The van der Waals surface area contributed by atoms with Crippen molar-refractivity contribution in [3.8, 4) is 0 Å². The van der Waals surface area contributed by atoms with Crippen molar-refractivity contribution < 1.29 is 8.42 Å². The molecule has 0 radical (unpaired) electrons. The van der Waals surface area contributed by atoms with E-state index in [4.69, 9.17) is 0 Å². The molecule has 1 fully saturated rings. The quantitative estimate of drug-likeness (QED) is 0.912. The molecule has 0 saturated heterocycles. The fourth-order valence-electron chi connectivity index (χ4n) is 2.89. The molecule has 2 rings (SSSR count). The Kier molecular flexibility index (Phi) is 4.07. The Morgan fingerprint density at radius 3 is 2.17 bits per heavy atom. The second-order valence-electron chi connectivity index (χ2n) is 5.15. The minimum absolute atomic E-state index is 0.348. The molecule has 0 spiro atoms. The van der Waals surface area contributed by atoms with Gasteiger partial charge in [-0.25, -0.2) is 8.42 Å². The number of benzene rings is 1. The highest BCUT2D eigenvalue weighted by molar-refractivity contribution is 7.90. The Morgan fingerprint density at radius 2 is 1.72 bits per heavy atom. The number of hydrogen-bond donors (Lipinski definition) is 1. The van der Waals surface area contributed by atoms with Crippen LogP contribution in [0, 0.1) is 5.92 Å². The molecule has 0 heterocycles. The van der Waals surface area contributed by atoms with Gasteiger partial charge >= 0.3 is 0 Å². The van der Waals surface area contributed by atoms with Gasteiger partial charge < -0.3 is 5.32 Å². The van der Waals surface area contributed by atoms with Crippen molar-refractivity contribution in [2.45, 2.75) is 36.6 Å². The van der Waals surface area contributed by atoms with Gasteiger partial charge in [-0.15, -0.1) is 0 Å². The van der Waals surface area contributed by atoms with Gasteiger partial charge in [-0.2, -0.15) is 0 Å². The molecule has 0 aromatic heterocycles. The third-order valence-corrected chi connectivity index (χ3v) is 4.98. The summed E-state index contributed by atoms with van der Waals surface area (Å²) in [6.07, 6.45) is 6.39. The van der Waals surface area contributed by atoms with Crippen molar-refractivity contribution in [1.82, 2.24) is 5.32 Å². The fourth-order valence-corrected chi connectivity index (χ4v) is 3.52. The Hall–Kier alpha value is -0.870. The van der Waals surface area contributed by atoms with Crippen LogP contribution in [0.1, 0.15) is 37.3 Å². The Bertz CT molecular complexity index is 487. The Balaban J connectivity index is 2.21. The van der Waals surface area contributed by atoms with Crippen molar-refractivity contribution >= 4 is 9.84 Å². The number of sulfone groups is 1. The molecule has 1 aliphatic rings. The summed E-state index contributed by atoms with van der Waals surface area (Å²) >= 11 is 0. The maximum atomic E-state index is 11.4. The lowest BCUT2D eigenvalue weighted by Crippen LogP contribution is -2.23. The molecule has 1 aromatic carbocycles. The normalized spacial score (nSPS) is 19.0. The molecule has 18 heavy (non-hydrogen) atoms. The first-order valence-electron chi connectivity index (χ1n) is 6.49. The van der Waals surface area contributed by atoms with E-state index in [-0.39, 0.29) is 0 Å². The summed E-state index contributed by atoms with van der Waals surface area (Å²) in [6.45, 7) is 0. The highest BCUT2D eigenvalue weighted by Crippen LogP contribution is 2.35. The van der Waals surface area contributed by atoms with Crippen LogP contribution in [0.2, 0.25) is 0 Å². The van der Waals surface area contributed by atoms with E-state index in [0.717, 1.165) is 0 Å². The molecule has 0 aliphatic heterocycles. The van der Waals surface area contributed by atoms with E-state index in [1.165, 1.54) is 37.5 Å². The topological polar surface area (TPSA) is 46.2 Å². The maximum absolute atomic E-state index is 11.4. The smallest absolute Gasteiger partial charge is 0.175 e. The second-order valence-corrected chi connectivity index (χ2v) is 7.17. The molecule has 4 heteroatoms. The summed E-state index contributed by atoms with van der Waals surface area (Å²) < 4.78 is 22.8. The third-order valence-electron chi connectivity index (χ3n) is 3.85. The minimum Gasteiger partial charge on any atom is -0.313 e. The van der Waals surface area contributed by atoms with Crippen LogP contribution >= 0.6 is 0 Å².